The molecule has 0 saturated heterocycles. The molecule has 21 heavy (non-hydrogen) atoms. The van der Waals surface area contributed by atoms with Crippen molar-refractivity contribution in [2.75, 3.05) is 25.5 Å². The second-order valence-electron chi connectivity index (χ2n) is 6.78. The van der Waals surface area contributed by atoms with Crippen LogP contribution in [0.2, 0.25) is 0 Å². The summed E-state index contributed by atoms with van der Waals surface area (Å²) in [5.41, 5.74) is 0.647. The molecule has 2 aliphatic rings. The number of nitrogens with zero attached hydrogens (tertiary/aromatic N) is 2. The first-order chi connectivity index (χ1) is 10.1. The maximum atomic E-state index is 12.1. The van der Waals surface area contributed by atoms with E-state index in [1.54, 1.807) is 6.20 Å². The van der Waals surface area contributed by atoms with E-state index in [1.807, 2.05) is 31.1 Å². The number of hydrogen-bond acceptors (Lipinski definition) is 3. The summed E-state index contributed by atoms with van der Waals surface area (Å²) < 4.78 is 0. The van der Waals surface area contributed by atoms with Crippen LogP contribution in [-0.2, 0) is 0 Å². The number of rotatable bonds is 5. The van der Waals surface area contributed by atoms with Gasteiger partial charge in [0.2, 0.25) is 0 Å². The zero-order valence-electron chi connectivity index (χ0n) is 13.0. The number of aromatic nitrogens is 1. The van der Waals surface area contributed by atoms with Gasteiger partial charge in [-0.1, -0.05) is 6.42 Å². The van der Waals surface area contributed by atoms with E-state index in [4.69, 9.17) is 0 Å². The van der Waals surface area contributed by atoms with E-state index in [0.717, 1.165) is 36.5 Å². The lowest BCUT2D eigenvalue weighted by molar-refractivity contribution is 0.0949. The van der Waals surface area contributed by atoms with Gasteiger partial charge in [-0.15, -0.1) is 0 Å². The zero-order valence-corrected chi connectivity index (χ0v) is 13.0. The van der Waals surface area contributed by atoms with Gasteiger partial charge < -0.3 is 10.2 Å². The minimum absolute atomic E-state index is 0.00374. The number of nitrogens with one attached hydrogen (secondary N) is 1. The van der Waals surface area contributed by atoms with Gasteiger partial charge in [-0.25, -0.2) is 4.98 Å². The van der Waals surface area contributed by atoms with Crippen molar-refractivity contribution in [1.29, 1.82) is 0 Å². The standard InChI is InChI=1S/C17H25N3O/c1-20(2)16-6-5-15(11-19-16)17(21)18-8-7-14-10-12-3-4-13(14)9-12/h5-6,11-14H,3-4,7-10H2,1-2H3,(H,18,21). The normalized spacial score (nSPS) is 26.9. The molecule has 0 spiro atoms. The monoisotopic (exact) mass is 287 g/mol. The Bertz CT molecular complexity index is 497. The number of amides is 1. The smallest absolute Gasteiger partial charge is 0.252 e. The Balaban J connectivity index is 1.45. The molecule has 2 bridgehead atoms. The SMILES string of the molecule is CN(C)c1ccc(C(=O)NCCC2CC3CCC2C3)cn1. The molecule has 3 unspecified atom stereocenters. The minimum Gasteiger partial charge on any atom is -0.363 e. The first-order valence-electron chi connectivity index (χ1n) is 8.05. The third-order valence-electron chi connectivity index (χ3n) is 5.15. The van der Waals surface area contributed by atoms with Crippen molar-refractivity contribution in [3.8, 4) is 0 Å². The fourth-order valence-corrected chi connectivity index (χ4v) is 3.99. The molecule has 4 nitrogen and oxygen atoms in total. The van der Waals surface area contributed by atoms with Crippen LogP contribution in [-0.4, -0.2) is 31.5 Å². The Hall–Kier alpha value is -1.58. The third kappa shape index (κ3) is 3.20. The van der Waals surface area contributed by atoms with Crippen LogP contribution in [0.25, 0.3) is 0 Å². The van der Waals surface area contributed by atoms with Crippen LogP contribution in [0.4, 0.5) is 5.82 Å². The van der Waals surface area contributed by atoms with E-state index < -0.39 is 0 Å². The van der Waals surface area contributed by atoms with Gasteiger partial charge >= 0.3 is 0 Å². The van der Waals surface area contributed by atoms with Gasteiger partial charge in [0.05, 0.1) is 5.56 Å². The Morgan fingerprint density at radius 2 is 2.19 bits per heavy atom. The summed E-state index contributed by atoms with van der Waals surface area (Å²) in [4.78, 5) is 18.3. The van der Waals surface area contributed by atoms with Crippen molar-refractivity contribution in [2.24, 2.45) is 17.8 Å². The van der Waals surface area contributed by atoms with Gasteiger partial charge in [0.1, 0.15) is 5.82 Å². The summed E-state index contributed by atoms with van der Waals surface area (Å²) in [6.07, 6.45) is 8.48. The number of carbonyl (C=O) groups excluding carboxylic acids is 1. The molecule has 2 aliphatic carbocycles. The molecule has 3 atom stereocenters. The maximum Gasteiger partial charge on any atom is 0.252 e. The van der Waals surface area contributed by atoms with E-state index in [0.29, 0.717) is 5.56 Å². The predicted molar refractivity (Wildman–Crippen MR) is 84.5 cm³/mol. The first-order valence-corrected chi connectivity index (χ1v) is 8.05. The lowest BCUT2D eigenvalue weighted by Crippen LogP contribution is -2.27. The Morgan fingerprint density at radius 3 is 2.76 bits per heavy atom. The molecule has 1 N–H and O–H groups in total. The van der Waals surface area contributed by atoms with Crippen LogP contribution >= 0.6 is 0 Å². The number of hydrogen-bond donors (Lipinski definition) is 1. The second-order valence-corrected chi connectivity index (χ2v) is 6.78. The van der Waals surface area contributed by atoms with Crippen LogP contribution in [0.15, 0.2) is 18.3 Å². The molecule has 2 saturated carbocycles. The molecule has 1 heterocycles. The Morgan fingerprint density at radius 1 is 1.33 bits per heavy atom. The van der Waals surface area contributed by atoms with Crippen molar-refractivity contribution >= 4 is 11.7 Å². The average molecular weight is 287 g/mol. The summed E-state index contributed by atoms with van der Waals surface area (Å²) in [7, 11) is 3.88. The van der Waals surface area contributed by atoms with Crippen LogP contribution in [0.5, 0.6) is 0 Å². The second kappa shape index (κ2) is 6.04. The van der Waals surface area contributed by atoms with Crippen molar-refractivity contribution in [3.05, 3.63) is 23.9 Å². The van der Waals surface area contributed by atoms with Crippen molar-refractivity contribution < 1.29 is 4.79 Å². The number of fused-ring (bicyclic) bond motifs is 2. The summed E-state index contributed by atoms with van der Waals surface area (Å²) >= 11 is 0. The van der Waals surface area contributed by atoms with Gasteiger partial charge in [-0.3, -0.25) is 4.79 Å². The highest BCUT2D eigenvalue weighted by Gasteiger charge is 2.38. The quantitative estimate of drug-likeness (QED) is 0.905. The van der Waals surface area contributed by atoms with Gasteiger partial charge in [0.15, 0.2) is 0 Å². The van der Waals surface area contributed by atoms with Gasteiger partial charge in [0.25, 0.3) is 5.91 Å². The fourth-order valence-electron chi connectivity index (χ4n) is 3.99. The van der Waals surface area contributed by atoms with Crippen molar-refractivity contribution in [1.82, 2.24) is 10.3 Å². The molecular formula is C17H25N3O. The molecule has 1 amide bonds. The summed E-state index contributed by atoms with van der Waals surface area (Å²) in [6, 6.07) is 3.72. The van der Waals surface area contributed by atoms with Crippen molar-refractivity contribution in [2.45, 2.75) is 32.1 Å². The summed E-state index contributed by atoms with van der Waals surface area (Å²) in [5.74, 6) is 3.63. The molecule has 0 radical (unpaired) electrons. The van der Waals surface area contributed by atoms with Gasteiger partial charge in [-0.2, -0.15) is 0 Å². The predicted octanol–water partition coefficient (Wildman–Crippen LogP) is 2.70. The summed E-state index contributed by atoms with van der Waals surface area (Å²) in [6.45, 7) is 0.794. The minimum atomic E-state index is -0.00374. The highest BCUT2D eigenvalue weighted by atomic mass is 16.1. The topological polar surface area (TPSA) is 45.2 Å². The van der Waals surface area contributed by atoms with E-state index in [2.05, 4.69) is 10.3 Å². The molecule has 3 rings (SSSR count). The van der Waals surface area contributed by atoms with Crippen LogP contribution < -0.4 is 10.2 Å². The highest BCUT2D eigenvalue weighted by molar-refractivity contribution is 5.94. The van der Waals surface area contributed by atoms with E-state index in [1.165, 1.54) is 25.7 Å². The summed E-state index contributed by atoms with van der Waals surface area (Å²) in [5, 5.41) is 3.04. The molecule has 2 fully saturated rings. The molecule has 1 aromatic rings. The lowest BCUT2D eigenvalue weighted by atomic mass is 9.86. The van der Waals surface area contributed by atoms with E-state index in [9.17, 15) is 4.79 Å². The van der Waals surface area contributed by atoms with E-state index in [-0.39, 0.29) is 5.91 Å². The molecular weight excluding hydrogens is 262 g/mol. The van der Waals surface area contributed by atoms with Crippen LogP contribution in [0.1, 0.15) is 42.5 Å². The lowest BCUT2D eigenvalue weighted by Gasteiger charge is -2.21. The molecule has 4 heteroatoms. The van der Waals surface area contributed by atoms with Crippen LogP contribution in [0.3, 0.4) is 0 Å². The van der Waals surface area contributed by atoms with Crippen LogP contribution in [0, 0.1) is 17.8 Å². The van der Waals surface area contributed by atoms with E-state index >= 15 is 0 Å². The molecule has 1 aromatic heterocycles. The number of pyridine rings is 1. The zero-order chi connectivity index (χ0) is 14.8. The van der Waals surface area contributed by atoms with Gasteiger partial charge in [0, 0.05) is 26.8 Å². The maximum absolute atomic E-state index is 12.1. The highest BCUT2D eigenvalue weighted by Crippen LogP contribution is 2.49. The first kappa shape index (κ1) is 14.4. The fraction of sp³-hybridized carbons (Fsp3) is 0.647. The average Bonchev–Trinajstić information content (AvgIpc) is 3.10. The Kier molecular flexibility index (Phi) is 4.13. The Labute approximate surface area is 126 Å². The number of anilines is 1. The molecule has 114 valence electrons. The number of carbonyl (C=O) groups is 1. The molecule has 0 aromatic carbocycles. The molecule has 0 aliphatic heterocycles. The largest absolute Gasteiger partial charge is 0.363 e. The third-order valence-corrected chi connectivity index (χ3v) is 5.15. The van der Waals surface area contributed by atoms with Gasteiger partial charge in [-0.05, 0) is 55.6 Å². The van der Waals surface area contributed by atoms with Crippen molar-refractivity contribution in [3.63, 3.8) is 0 Å².